The lowest BCUT2D eigenvalue weighted by atomic mass is 9.98. The zero-order valence-electron chi connectivity index (χ0n) is 15.0. The summed E-state index contributed by atoms with van der Waals surface area (Å²) in [6.07, 6.45) is 7.18. The van der Waals surface area contributed by atoms with Gasteiger partial charge < -0.3 is 4.74 Å². The number of rotatable bonds is 9. The Labute approximate surface area is 155 Å². The van der Waals surface area contributed by atoms with Crippen molar-refractivity contribution in [1.29, 1.82) is 21.0 Å². The van der Waals surface area contributed by atoms with Crippen LogP contribution in [0.1, 0.15) is 56.9 Å². The van der Waals surface area contributed by atoms with E-state index < -0.39 is 16.7 Å². The van der Waals surface area contributed by atoms with E-state index in [2.05, 4.69) is 6.92 Å². The second-order valence-corrected chi connectivity index (χ2v) is 6.68. The van der Waals surface area contributed by atoms with Crippen LogP contribution in [0.3, 0.4) is 0 Å². The van der Waals surface area contributed by atoms with Crippen LogP contribution in [0.25, 0.3) is 0 Å². The average Bonchev–Trinajstić information content (AvgIpc) is 3.30. The number of ether oxygens (including phenoxy) is 1. The molecule has 0 heterocycles. The summed E-state index contributed by atoms with van der Waals surface area (Å²) in [7, 11) is 0. The minimum absolute atomic E-state index is 0.642. The molecule has 1 fully saturated rings. The fourth-order valence-electron chi connectivity index (χ4n) is 3.46. The first-order chi connectivity index (χ1) is 12.7. The monoisotopic (exact) mass is 346 g/mol. The molecule has 0 bridgehead atoms. The van der Waals surface area contributed by atoms with E-state index in [1.54, 1.807) is 24.3 Å². The molecule has 5 nitrogen and oxygen atoms in total. The molecule has 1 saturated carbocycles. The molecule has 0 radical (unpaired) electrons. The van der Waals surface area contributed by atoms with Crippen molar-refractivity contribution in [1.82, 2.24) is 0 Å². The maximum Gasteiger partial charge on any atom is 0.185 e. The van der Waals surface area contributed by atoms with Gasteiger partial charge in [0.05, 0.1) is 36.8 Å². The molecule has 1 aromatic carbocycles. The Bertz CT molecular complexity index is 720. The molecular weight excluding hydrogens is 324 g/mol. The second-order valence-electron chi connectivity index (χ2n) is 6.68. The predicted molar refractivity (Wildman–Crippen MR) is 95.4 cm³/mol. The molecule has 132 valence electrons. The summed E-state index contributed by atoms with van der Waals surface area (Å²) in [6, 6.07) is 14.5. The van der Waals surface area contributed by atoms with Crippen molar-refractivity contribution >= 4 is 0 Å². The Balaban J connectivity index is 1.95. The summed E-state index contributed by atoms with van der Waals surface area (Å²) < 4.78 is 5.72. The van der Waals surface area contributed by atoms with E-state index in [0.29, 0.717) is 17.9 Å². The lowest BCUT2D eigenvalue weighted by molar-refractivity contribution is 0.304. The van der Waals surface area contributed by atoms with E-state index >= 15 is 0 Å². The van der Waals surface area contributed by atoms with E-state index in [1.807, 2.05) is 24.3 Å². The summed E-state index contributed by atoms with van der Waals surface area (Å²) in [5.74, 6) is -0.00500. The summed E-state index contributed by atoms with van der Waals surface area (Å²) >= 11 is 0. The normalized spacial score (nSPS) is 16.5. The lowest BCUT2D eigenvalue weighted by Gasteiger charge is -2.07. The quantitative estimate of drug-likeness (QED) is 0.608. The van der Waals surface area contributed by atoms with E-state index in [1.165, 1.54) is 25.7 Å². The van der Waals surface area contributed by atoms with Gasteiger partial charge in [0.15, 0.2) is 10.8 Å². The molecule has 1 aliphatic rings. The number of hydrogen-bond acceptors (Lipinski definition) is 5. The largest absolute Gasteiger partial charge is 0.494 e. The second kappa shape index (κ2) is 8.38. The van der Waals surface area contributed by atoms with Gasteiger partial charge in [0.25, 0.3) is 0 Å². The summed E-state index contributed by atoms with van der Waals surface area (Å²) in [5, 5.41) is 37.4. The SMILES string of the molecule is CCCCCCCCOc1ccc(C2C(C#N)(C#N)C2(C#N)C#N)cc1. The number of benzene rings is 1. The first-order valence-corrected chi connectivity index (χ1v) is 9.03. The van der Waals surface area contributed by atoms with Crippen LogP contribution in [0.2, 0.25) is 0 Å². The summed E-state index contributed by atoms with van der Waals surface area (Å²) in [6.45, 7) is 2.85. The van der Waals surface area contributed by atoms with Crippen molar-refractivity contribution in [2.24, 2.45) is 10.8 Å². The van der Waals surface area contributed by atoms with E-state index in [-0.39, 0.29) is 0 Å². The standard InChI is InChI=1S/C21H22N4O/c1-2-3-4-5-6-7-12-26-18-10-8-17(9-11-18)19-20(13-22,14-23)21(19,15-24)16-25/h8-11,19H,2-7,12H2,1H3. The minimum atomic E-state index is -1.60. The first-order valence-electron chi connectivity index (χ1n) is 9.03. The van der Waals surface area contributed by atoms with Crippen molar-refractivity contribution < 1.29 is 4.74 Å². The predicted octanol–water partition coefficient (Wildman–Crippen LogP) is 4.59. The third-order valence-electron chi connectivity index (χ3n) is 5.09. The molecule has 0 aromatic heterocycles. The molecule has 0 aliphatic heterocycles. The van der Waals surface area contributed by atoms with Crippen molar-refractivity contribution in [2.75, 3.05) is 6.61 Å². The lowest BCUT2D eigenvalue weighted by Crippen LogP contribution is -2.05. The van der Waals surface area contributed by atoms with Gasteiger partial charge in [0.1, 0.15) is 5.75 Å². The topological polar surface area (TPSA) is 104 Å². The van der Waals surface area contributed by atoms with Crippen LogP contribution < -0.4 is 4.74 Å². The molecule has 2 rings (SSSR count). The molecule has 0 atom stereocenters. The Kier molecular flexibility index (Phi) is 6.22. The summed E-state index contributed by atoms with van der Waals surface area (Å²) in [4.78, 5) is 0. The fourth-order valence-corrected chi connectivity index (χ4v) is 3.46. The number of nitrogens with zero attached hydrogens (tertiary/aromatic N) is 4. The number of hydrogen-bond donors (Lipinski definition) is 0. The van der Waals surface area contributed by atoms with Gasteiger partial charge in [-0.05, 0) is 24.1 Å². The highest BCUT2D eigenvalue weighted by Crippen LogP contribution is 2.73. The van der Waals surface area contributed by atoms with Crippen LogP contribution in [0.4, 0.5) is 0 Å². The van der Waals surface area contributed by atoms with Gasteiger partial charge in [-0.1, -0.05) is 51.2 Å². The molecular formula is C21H22N4O. The van der Waals surface area contributed by atoms with E-state index in [9.17, 15) is 21.0 Å². The molecule has 1 aliphatic carbocycles. The molecule has 5 heteroatoms. The third-order valence-corrected chi connectivity index (χ3v) is 5.09. The Morgan fingerprint density at radius 3 is 1.81 bits per heavy atom. The zero-order chi connectivity index (χ0) is 19.0. The zero-order valence-corrected chi connectivity index (χ0v) is 15.0. The molecule has 0 unspecified atom stereocenters. The van der Waals surface area contributed by atoms with Gasteiger partial charge in [-0.2, -0.15) is 21.0 Å². The van der Waals surface area contributed by atoms with Gasteiger partial charge in [0.2, 0.25) is 0 Å². The maximum atomic E-state index is 9.36. The van der Waals surface area contributed by atoms with E-state index in [0.717, 1.165) is 12.8 Å². The fraction of sp³-hybridized carbons (Fsp3) is 0.524. The van der Waals surface area contributed by atoms with Gasteiger partial charge >= 0.3 is 0 Å². The molecule has 0 N–H and O–H groups in total. The Morgan fingerprint density at radius 2 is 1.31 bits per heavy atom. The molecule has 0 spiro atoms. The smallest absolute Gasteiger partial charge is 0.185 e. The minimum Gasteiger partial charge on any atom is -0.494 e. The van der Waals surface area contributed by atoms with Gasteiger partial charge in [-0.15, -0.1) is 0 Å². The van der Waals surface area contributed by atoms with Crippen molar-refractivity contribution in [3.05, 3.63) is 29.8 Å². The molecule has 0 saturated heterocycles. The summed E-state index contributed by atoms with van der Waals surface area (Å²) in [5.41, 5.74) is -2.56. The van der Waals surface area contributed by atoms with Gasteiger partial charge in [-0.3, -0.25) is 0 Å². The maximum absolute atomic E-state index is 9.36. The average molecular weight is 346 g/mol. The number of unbranched alkanes of at least 4 members (excludes halogenated alkanes) is 5. The van der Waals surface area contributed by atoms with Crippen molar-refractivity contribution in [3.8, 4) is 30.0 Å². The van der Waals surface area contributed by atoms with Crippen LogP contribution in [-0.4, -0.2) is 6.61 Å². The third kappa shape index (κ3) is 3.22. The van der Waals surface area contributed by atoms with Gasteiger partial charge in [0, 0.05) is 0 Å². The van der Waals surface area contributed by atoms with Crippen molar-refractivity contribution in [2.45, 2.75) is 51.4 Å². The number of nitriles is 4. The first kappa shape index (κ1) is 19.3. The highest BCUT2D eigenvalue weighted by atomic mass is 16.5. The van der Waals surface area contributed by atoms with Crippen molar-refractivity contribution in [3.63, 3.8) is 0 Å². The molecule has 1 aromatic rings. The van der Waals surface area contributed by atoms with Crippen LogP contribution in [0.15, 0.2) is 24.3 Å². The highest BCUT2D eigenvalue weighted by Gasteiger charge is 2.81. The van der Waals surface area contributed by atoms with E-state index in [4.69, 9.17) is 4.74 Å². The molecule has 26 heavy (non-hydrogen) atoms. The Morgan fingerprint density at radius 1 is 0.808 bits per heavy atom. The highest BCUT2D eigenvalue weighted by molar-refractivity contribution is 5.59. The van der Waals surface area contributed by atoms with Gasteiger partial charge in [-0.25, -0.2) is 0 Å². The van der Waals surface area contributed by atoms with Crippen LogP contribution in [-0.2, 0) is 0 Å². The molecule has 0 amide bonds. The van der Waals surface area contributed by atoms with Crippen LogP contribution in [0, 0.1) is 56.2 Å². The van der Waals surface area contributed by atoms with Crippen LogP contribution in [0.5, 0.6) is 5.75 Å². The van der Waals surface area contributed by atoms with Crippen LogP contribution >= 0.6 is 0 Å². The Hall–Kier alpha value is -3.02.